The number of hydrogen-bond donors (Lipinski definition) is 4. The summed E-state index contributed by atoms with van der Waals surface area (Å²) in [7, 11) is 2.41. The summed E-state index contributed by atoms with van der Waals surface area (Å²) in [6.07, 6.45) is 0. The zero-order valence-electron chi connectivity index (χ0n) is 18.5. The van der Waals surface area contributed by atoms with E-state index in [9.17, 15) is 34.3 Å². The summed E-state index contributed by atoms with van der Waals surface area (Å²) in [6.45, 7) is 0. The van der Waals surface area contributed by atoms with Crippen LogP contribution in [0.3, 0.4) is 0 Å². The molecule has 1 fully saturated rings. The first-order chi connectivity index (χ1) is 17.1. The van der Waals surface area contributed by atoms with E-state index in [0.29, 0.717) is 10.6 Å². The minimum absolute atomic E-state index is 0.00455. The summed E-state index contributed by atoms with van der Waals surface area (Å²) in [6, 6.07) is -1.05. The van der Waals surface area contributed by atoms with Crippen LogP contribution in [-0.2, 0) is 19.2 Å². The average Bonchev–Trinajstić information content (AvgIpc) is 3.27. The topological polar surface area (TPSA) is 218 Å². The quantitative estimate of drug-likeness (QED) is 0.0903. The number of rotatable bonds is 9. The van der Waals surface area contributed by atoms with E-state index in [4.69, 9.17) is 5.73 Å². The molecule has 2 aliphatic rings. The monoisotopic (exact) mass is 555 g/mol. The van der Waals surface area contributed by atoms with Gasteiger partial charge in [-0.15, -0.1) is 23.5 Å². The van der Waals surface area contributed by atoms with Crippen molar-refractivity contribution in [1.29, 1.82) is 0 Å². The number of nitrogens with one attached hydrogen (secondary N) is 1. The van der Waals surface area contributed by atoms with Gasteiger partial charge in [0.05, 0.1) is 4.90 Å². The number of nitrogens with two attached hydrogens (primary N) is 1. The van der Waals surface area contributed by atoms with Crippen LogP contribution >= 0.6 is 35.1 Å². The summed E-state index contributed by atoms with van der Waals surface area (Å²) in [5, 5.41) is 25.4. The van der Waals surface area contributed by atoms with Crippen LogP contribution in [0.25, 0.3) is 0 Å². The van der Waals surface area contributed by atoms with Crippen LogP contribution in [0, 0.1) is 0 Å². The summed E-state index contributed by atoms with van der Waals surface area (Å²) >= 11 is 2.95. The number of oxime groups is 1. The Morgan fingerprint density at radius 2 is 2.08 bits per heavy atom. The van der Waals surface area contributed by atoms with Crippen molar-refractivity contribution < 1.29 is 29.5 Å². The Balaban J connectivity index is 1.51. The molecule has 0 aliphatic carbocycles. The van der Waals surface area contributed by atoms with Crippen LogP contribution in [0.5, 0.6) is 0 Å². The molecule has 0 radical (unpaired) electrons. The Kier molecular flexibility index (Phi) is 7.03. The molecule has 3 heterocycles. The van der Waals surface area contributed by atoms with Crippen LogP contribution in [0.1, 0.15) is 5.82 Å². The largest absolute Gasteiger partial charge is 0.477 e. The minimum Gasteiger partial charge on any atom is -0.477 e. The van der Waals surface area contributed by atoms with Gasteiger partial charge < -0.3 is 21.0 Å². The number of aromatic nitrogens is 2. The van der Waals surface area contributed by atoms with E-state index in [0.717, 1.165) is 28.2 Å². The van der Waals surface area contributed by atoms with E-state index in [1.807, 2.05) is 0 Å². The number of hydrogen-bond acceptors (Lipinski definition) is 15. The van der Waals surface area contributed by atoms with Gasteiger partial charge in [-0.05, 0) is 5.57 Å². The van der Waals surface area contributed by atoms with E-state index in [1.54, 1.807) is 0 Å². The number of carbonyl (C=O) groups is 3. The molecule has 36 heavy (non-hydrogen) atoms. The fourth-order valence-corrected chi connectivity index (χ4v) is 6.61. The maximum atomic E-state index is 12.9. The highest BCUT2D eigenvalue weighted by atomic mass is 32.2. The van der Waals surface area contributed by atoms with Crippen LogP contribution in [0.15, 0.2) is 30.9 Å². The maximum Gasteiger partial charge on any atom is 0.352 e. The molecule has 2 atom stereocenters. The number of nitrogens with zero attached hydrogens (tertiary/aromatic N) is 5. The first-order valence-electron chi connectivity index (χ1n) is 9.87. The Labute approximate surface area is 213 Å². The van der Waals surface area contributed by atoms with Gasteiger partial charge in [0.2, 0.25) is 17.0 Å². The molecule has 1 aromatic heterocycles. The third-order valence-corrected chi connectivity index (χ3v) is 8.19. The van der Waals surface area contributed by atoms with Gasteiger partial charge >= 0.3 is 5.97 Å². The van der Waals surface area contributed by atoms with Crippen LogP contribution in [0.4, 0.5) is 10.8 Å². The molecule has 0 unspecified atom stereocenters. The summed E-state index contributed by atoms with van der Waals surface area (Å²) in [5.74, 6) is -2.74. The molecule has 0 bridgehead atoms. The van der Waals surface area contributed by atoms with Gasteiger partial charge in [-0.3, -0.25) is 34.3 Å². The molecule has 190 valence electrons. The molecule has 18 heteroatoms. The van der Waals surface area contributed by atoms with Crippen LogP contribution in [-0.4, -0.2) is 85.1 Å². The van der Waals surface area contributed by atoms with Gasteiger partial charge in [0.15, 0.2) is 5.13 Å². The number of anilines is 2. The summed E-state index contributed by atoms with van der Waals surface area (Å²) in [5.41, 5.74) is 3.54. The van der Waals surface area contributed by atoms with Crippen molar-refractivity contribution in [2.24, 2.45) is 5.16 Å². The van der Waals surface area contributed by atoms with Crippen molar-refractivity contribution >= 4 is 69.4 Å². The Morgan fingerprint density at radius 1 is 1.36 bits per heavy atom. The molecule has 2 aliphatic heterocycles. The summed E-state index contributed by atoms with van der Waals surface area (Å²) < 4.78 is 3.90. The first-order valence-corrected chi connectivity index (χ1v) is 12.7. The zero-order valence-corrected chi connectivity index (χ0v) is 20.9. The molecule has 15 nitrogen and oxygen atoms in total. The van der Waals surface area contributed by atoms with E-state index in [2.05, 4.69) is 24.7 Å². The van der Waals surface area contributed by atoms with Crippen LogP contribution < -0.4 is 27.0 Å². The maximum absolute atomic E-state index is 12.9. The summed E-state index contributed by atoms with van der Waals surface area (Å²) in [4.78, 5) is 70.8. The highest BCUT2D eigenvalue weighted by Crippen LogP contribution is 2.42. The number of thioether (sulfide) groups is 2. The van der Waals surface area contributed by atoms with Crippen molar-refractivity contribution in [3.63, 3.8) is 0 Å². The number of β-lactam (4-membered cyclic amide) rings is 1. The molecular formula is C18H17N7O8S3. The molecule has 0 saturated carbocycles. The Bertz CT molecular complexity index is 1390. The predicted octanol–water partition coefficient (Wildman–Crippen LogP) is -1.58. The van der Waals surface area contributed by atoms with E-state index in [1.165, 1.54) is 25.9 Å². The number of fused-ring (bicyclic) bond motifs is 1. The van der Waals surface area contributed by atoms with Crippen molar-refractivity contribution in [2.45, 2.75) is 16.3 Å². The molecule has 1 saturated heterocycles. The molecule has 4 rings (SSSR count). The lowest BCUT2D eigenvalue weighted by Crippen LogP contribution is -2.71. The first kappa shape index (κ1) is 25.6. The SMILES string of the molecule is CO/N=C(\C(=O)N[C@@H]1C(=O)N2C(C(=O)O)=C(CSc3c(N(C)O)c(=O)c3=O)CS[C@H]12)c1nsc(N)n1. The van der Waals surface area contributed by atoms with Gasteiger partial charge in [0.25, 0.3) is 17.2 Å². The standard InChI is InChI=1S/C18H17N7O8S3/c1-24(32)9-10(26)11(27)12(9)34-3-5-4-35-16-7(15(29)25(16)8(5)17(30)31)20-14(28)6(22-33-2)13-21-18(19)36-23-13/h7,16,32H,3-4H2,1-2H3,(H,20,28)(H,30,31)(H2,19,21,23)/b22-6-/t7-,16-/m1/s1. The van der Waals surface area contributed by atoms with Crippen molar-refractivity contribution in [3.8, 4) is 0 Å². The Hall–Kier alpha value is -3.48. The highest BCUT2D eigenvalue weighted by molar-refractivity contribution is 8.01. The lowest BCUT2D eigenvalue weighted by Gasteiger charge is -2.49. The number of carboxylic acids is 1. The fourth-order valence-electron chi connectivity index (χ4n) is 3.56. The van der Waals surface area contributed by atoms with Crippen molar-refractivity contribution in [1.82, 2.24) is 19.6 Å². The number of carbonyl (C=O) groups excluding carboxylic acids is 2. The average molecular weight is 556 g/mol. The molecule has 2 amide bonds. The normalized spacial score (nSPS) is 19.7. The second-order valence-electron chi connectivity index (χ2n) is 7.35. The number of nitrogen functional groups attached to an aromatic ring is 1. The minimum atomic E-state index is -1.36. The number of aliphatic carboxylic acids is 1. The van der Waals surface area contributed by atoms with Gasteiger partial charge in [-0.1, -0.05) is 5.16 Å². The van der Waals surface area contributed by atoms with Gasteiger partial charge in [-0.25, -0.2) is 4.79 Å². The second kappa shape index (κ2) is 9.88. The van der Waals surface area contributed by atoms with Crippen molar-refractivity contribution in [3.05, 3.63) is 37.5 Å². The molecule has 5 N–H and O–H groups in total. The predicted molar refractivity (Wildman–Crippen MR) is 130 cm³/mol. The van der Waals surface area contributed by atoms with E-state index in [-0.39, 0.29) is 44.5 Å². The molecule has 2 aromatic rings. The molecule has 1 aromatic carbocycles. The number of hydroxylamine groups is 1. The molecular weight excluding hydrogens is 538 g/mol. The lowest BCUT2D eigenvalue weighted by atomic mass is 10.0. The van der Waals surface area contributed by atoms with E-state index >= 15 is 0 Å². The zero-order chi connectivity index (χ0) is 26.3. The second-order valence-corrected chi connectivity index (χ2v) is 10.2. The number of carboxylic acid groups (broad SMARTS) is 1. The van der Waals surface area contributed by atoms with Gasteiger partial charge in [0, 0.05) is 30.1 Å². The van der Waals surface area contributed by atoms with Crippen molar-refractivity contribution in [2.75, 3.05) is 36.5 Å². The Morgan fingerprint density at radius 3 is 2.67 bits per heavy atom. The third-order valence-electron chi connectivity index (χ3n) is 5.14. The van der Waals surface area contributed by atoms with Crippen LogP contribution in [0.2, 0.25) is 0 Å². The third kappa shape index (κ3) is 4.31. The number of amides is 2. The fraction of sp³-hybridized carbons (Fsp3) is 0.333. The van der Waals surface area contributed by atoms with E-state index < -0.39 is 40.1 Å². The lowest BCUT2D eigenvalue weighted by molar-refractivity contribution is -0.150. The smallest absolute Gasteiger partial charge is 0.352 e. The molecule has 0 spiro atoms. The van der Waals surface area contributed by atoms with Gasteiger partial charge in [-0.2, -0.15) is 9.36 Å². The van der Waals surface area contributed by atoms with Gasteiger partial charge in [0.1, 0.15) is 29.9 Å². The highest BCUT2D eigenvalue weighted by Gasteiger charge is 2.54.